The number of sulfonamides is 1. The van der Waals surface area contributed by atoms with Gasteiger partial charge in [0.15, 0.2) is 4.60 Å². The predicted molar refractivity (Wildman–Crippen MR) is 70.9 cm³/mol. The van der Waals surface area contributed by atoms with E-state index in [0.717, 1.165) is 6.42 Å². The molecule has 1 aromatic heterocycles. The lowest BCUT2D eigenvalue weighted by molar-refractivity contribution is -0.121. The van der Waals surface area contributed by atoms with Crippen molar-refractivity contribution < 1.29 is 13.2 Å². The minimum Gasteiger partial charge on any atom is -0.300 e. The fourth-order valence-electron chi connectivity index (χ4n) is 2.21. The van der Waals surface area contributed by atoms with E-state index in [1.807, 2.05) is 0 Å². The number of ketones is 1. The molecule has 0 amide bonds. The molecular formula is C10H15BrN4O3S. The monoisotopic (exact) mass is 350 g/mol. The first-order valence-electron chi connectivity index (χ1n) is 5.90. The summed E-state index contributed by atoms with van der Waals surface area (Å²) in [5, 5.41) is 7.39. The van der Waals surface area contributed by atoms with E-state index >= 15 is 0 Å². The number of Topliss-reactive ketones (excluding diaryl/α,β-unsaturated/α-hetero) is 1. The number of hydrogen-bond acceptors (Lipinski definition) is 5. The Morgan fingerprint density at radius 3 is 2.68 bits per heavy atom. The molecule has 0 spiro atoms. The van der Waals surface area contributed by atoms with Crippen LogP contribution in [0.4, 0.5) is 0 Å². The number of aryl methyl sites for hydroxylation is 1. The number of nitrogens with zero attached hydrogens (tertiary/aromatic N) is 4. The Bertz CT molecular complexity index is 578. The molecule has 1 aliphatic rings. The summed E-state index contributed by atoms with van der Waals surface area (Å²) in [6.45, 7) is 2.15. The molecule has 0 bridgehead atoms. The lowest BCUT2D eigenvalue weighted by atomic mass is 9.96. The first-order valence-corrected chi connectivity index (χ1v) is 8.13. The Hall–Kier alpha value is -0.800. The normalized spacial score (nSPS) is 21.5. The number of halogens is 1. The highest BCUT2D eigenvalue weighted by atomic mass is 79.9. The van der Waals surface area contributed by atoms with E-state index in [4.69, 9.17) is 0 Å². The third kappa shape index (κ3) is 2.72. The van der Waals surface area contributed by atoms with Crippen molar-refractivity contribution in [1.82, 2.24) is 19.3 Å². The van der Waals surface area contributed by atoms with Gasteiger partial charge in [0.2, 0.25) is 5.03 Å². The second-order valence-corrected chi connectivity index (χ2v) is 7.23. The van der Waals surface area contributed by atoms with Gasteiger partial charge in [0.25, 0.3) is 10.0 Å². The molecule has 0 N–H and O–H groups in total. The summed E-state index contributed by atoms with van der Waals surface area (Å²) < 4.78 is 27.8. The van der Waals surface area contributed by atoms with Crippen LogP contribution in [0.5, 0.6) is 0 Å². The van der Waals surface area contributed by atoms with E-state index in [1.54, 1.807) is 0 Å². The van der Waals surface area contributed by atoms with Crippen molar-refractivity contribution in [3.63, 3.8) is 0 Å². The molecule has 0 radical (unpaired) electrons. The third-order valence-electron chi connectivity index (χ3n) is 3.28. The minimum atomic E-state index is -3.67. The number of piperidine rings is 1. The Labute approximate surface area is 120 Å². The molecule has 1 fully saturated rings. The maximum absolute atomic E-state index is 12.5. The van der Waals surface area contributed by atoms with Gasteiger partial charge in [0.1, 0.15) is 5.78 Å². The van der Waals surface area contributed by atoms with Crippen molar-refractivity contribution in [2.75, 3.05) is 13.1 Å². The smallest absolute Gasteiger partial charge is 0.263 e. The SMILES string of the molecule is CC(=O)C1CCCN(S(=O)(=O)c2c(Br)nnn2C)C1. The van der Waals surface area contributed by atoms with Crippen LogP contribution >= 0.6 is 15.9 Å². The molecule has 9 heteroatoms. The molecule has 1 aromatic rings. The average Bonchev–Trinajstić information content (AvgIpc) is 2.69. The second kappa shape index (κ2) is 5.29. The number of carbonyl (C=O) groups excluding carboxylic acids is 1. The molecule has 7 nitrogen and oxygen atoms in total. The Morgan fingerprint density at radius 2 is 2.16 bits per heavy atom. The Morgan fingerprint density at radius 1 is 1.47 bits per heavy atom. The summed E-state index contributed by atoms with van der Waals surface area (Å²) in [5.74, 6) is -0.189. The van der Waals surface area contributed by atoms with Gasteiger partial charge in [-0.2, -0.15) is 4.31 Å². The fourth-order valence-corrected chi connectivity index (χ4v) is 4.77. The van der Waals surface area contributed by atoms with Gasteiger partial charge in [-0.1, -0.05) is 5.21 Å². The van der Waals surface area contributed by atoms with E-state index in [9.17, 15) is 13.2 Å². The highest BCUT2D eigenvalue weighted by Crippen LogP contribution is 2.27. The average molecular weight is 351 g/mol. The molecule has 0 saturated carbocycles. The molecule has 106 valence electrons. The largest absolute Gasteiger partial charge is 0.300 e. The molecule has 1 unspecified atom stereocenters. The quantitative estimate of drug-likeness (QED) is 0.795. The second-order valence-electron chi connectivity index (χ2n) is 4.62. The number of aromatic nitrogens is 3. The van der Waals surface area contributed by atoms with Gasteiger partial charge in [0, 0.05) is 26.1 Å². The van der Waals surface area contributed by atoms with Crippen LogP contribution in [-0.2, 0) is 21.9 Å². The zero-order chi connectivity index (χ0) is 14.2. The summed E-state index contributed by atoms with van der Waals surface area (Å²) in [6, 6.07) is 0. The van der Waals surface area contributed by atoms with Crippen LogP contribution in [0, 0.1) is 5.92 Å². The van der Waals surface area contributed by atoms with Crippen LogP contribution < -0.4 is 0 Å². The highest BCUT2D eigenvalue weighted by molar-refractivity contribution is 9.10. The van der Waals surface area contributed by atoms with E-state index in [-0.39, 0.29) is 27.9 Å². The van der Waals surface area contributed by atoms with Crippen LogP contribution in [-0.4, -0.2) is 46.6 Å². The molecule has 0 aromatic carbocycles. The lowest BCUT2D eigenvalue weighted by Gasteiger charge is -2.30. The van der Waals surface area contributed by atoms with Crippen molar-refractivity contribution in [2.24, 2.45) is 13.0 Å². The first-order chi connectivity index (χ1) is 8.84. The van der Waals surface area contributed by atoms with Crippen molar-refractivity contribution in [2.45, 2.75) is 24.8 Å². The third-order valence-corrected chi connectivity index (χ3v) is 6.03. The number of carbonyl (C=O) groups is 1. The van der Waals surface area contributed by atoms with Crippen LogP contribution in [0.15, 0.2) is 9.63 Å². The van der Waals surface area contributed by atoms with Crippen molar-refractivity contribution >= 4 is 31.7 Å². The molecule has 1 atom stereocenters. The van der Waals surface area contributed by atoms with Crippen LogP contribution in [0.2, 0.25) is 0 Å². The fraction of sp³-hybridized carbons (Fsp3) is 0.700. The predicted octanol–water partition coefficient (Wildman–Crippen LogP) is 0.567. The summed E-state index contributed by atoms with van der Waals surface area (Å²) in [4.78, 5) is 11.4. The topological polar surface area (TPSA) is 85.2 Å². The summed E-state index contributed by atoms with van der Waals surface area (Å²) >= 11 is 3.10. The Kier molecular flexibility index (Phi) is 4.07. The summed E-state index contributed by atoms with van der Waals surface area (Å²) in [7, 11) is -2.15. The van der Waals surface area contributed by atoms with Gasteiger partial charge in [-0.15, -0.1) is 5.10 Å². The van der Waals surface area contributed by atoms with Gasteiger partial charge < -0.3 is 0 Å². The zero-order valence-electron chi connectivity index (χ0n) is 10.7. The molecule has 2 rings (SSSR count). The van der Waals surface area contributed by atoms with Crippen LogP contribution in [0.3, 0.4) is 0 Å². The number of rotatable bonds is 3. The standard InChI is InChI=1S/C10H15BrN4O3S/c1-7(16)8-4-3-5-15(6-8)19(17,18)10-9(11)12-13-14(10)2/h8H,3-6H2,1-2H3. The maximum Gasteiger partial charge on any atom is 0.263 e. The molecule has 19 heavy (non-hydrogen) atoms. The minimum absolute atomic E-state index is 0.0247. The molecular weight excluding hydrogens is 336 g/mol. The van der Waals surface area contributed by atoms with Crippen molar-refractivity contribution in [3.8, 4) is 0 Å². The summed E-state index contributed by atoms with van der Waals surface area (Å²) in [6.07, 6.45) is 1.43. The number of hydrogen-bond donors (Lipinski definition) is 0. The van der Waals surface area contributed by atoms with Crippen LogP contribution in [0.1, 0.15) is 19.8 Å². The lowest BCUT2D eigenvalue weighted by Crippen LogP contribution is -2.42. The van der Waals surface area contributed by atoms with Gasteiger partial charge in [-0.3, -0.25) is 4.79 Å². The molecule has 2 heterocycles. The van der Waals surface area contributed by atoms with Gasteiger partial charge >= 0.3 is 0 Å². The van der Waals surface area contributed by atoms with E-state index < -0.39 is 10.0 Å². The highest BCUT2D eigenvalue weighted by Gasteiger charge is 2.35. The first kappa shape index (κ1) is 14.6. The maximum atomic E-state index is 12.5. The van der Waals surface area contributed by atoms with Gasteiger partial charge in [-0.05, 0) is 35.7 Å². The summed E-state index contributed by atoms with van der Waals surface area (Å²) in [5.41, 5.74) is 0. The van der Waals surface area contributed by atoms with Crippen molar-refractivity contribution in [1.29, 1.82) is 0 Å². The zero-order valence-corrected chi connectivity index (χ0v) is 13.1. The molecule has 1 aliphatic heterocycles. The van der Waals surface area contributed by atoms with Crippen LogP contribution in [0.25, 0.3) is 0 Å². The molecule has 1 saturated heterocycles. The Balaban J connectivity index is 2.32. The van der Waals surface area contributed by atoms with E-state index in [1.165, 1.54) is 23.0 Å². The van der Waals surface area contributed by atoms with Crippen molar-refractivity contribution in [3.05, 3.63) is 4.60 Å². The van der Waals surface area contributed by atoms with E-state index in [2.05, 4.69) is 26.2 Å². The van der Waals surface area contributed by atoms with Gasteiger partial charge in [-0.25, -0.2) is 13.1 Å². The van der Waals surface area contributed by atoms with E-state index in [0.29, 0.717) is 13.0 Å². The van der Waals surface area contributed by atoms with Gasteiger partial charge in [0.05, 0.1) is 0 Å². The molecule has 0 aliphatic carbocycles.